The molecule has 0 saturated carbocycles. The summed E-state index contributed by atoms with van der Waals surface area (Å²) >= 11 is 5.21. The highest BCUT2D eigenvalue weighted by molar-refractivity contribution is 7.89. The molecule has 2 N–H and O–H groups in total. The molecule has 0 atom stereocenters. The summed E-state index contributed by atoms with van der Waals surface area (Å²) < 4.78 is 37.5. The maximum Gasteiger partial charge on any atom is 0.257 e. The Morgan fingerprint density at radius 2 is 1.65 bits per heavy atom. The van der Waals surface area contributed by atoms with E-state index in [0.717, 1.165) is 0 Å². The van der Waals surface area contributed by atoms with Gasteiger partial charge in [-0.15, -0.1) is 13.2 Å². The summed E-state index contributed by atoms with van der Waals surface area (Å²) in [5.41, 5.74) is 0.938. The van der Waals surface area contributed by atoms with Crippen LogP contribution in [0.5, 0.6) is 5.75 Å². The summed E-state index contributed by atoms with van der Waals surface area (Å²) in [4.78, 5) is 12.6. The number of sulfonamides is 1. The highest BCUT2D eigenvalue weighted by Gasteiger charge is 2.22. The zero-order chi connectivity index (χ0) is 25.0. The molecule has 182 valence electrons. The molecule has 0 aliphatic rings. The Hall–Kier alpha value is -3.05. The van der Waals surface area contributed by atoms with E-state index in [4.69, 9.17) is 21.7 Å². The quantitative estimate of drug-likeness (QED) is 0.245. The van der Waals surface area contributed by atoms with Gasteiger partial charge >= 0.3 is 0 Å². The number of carbonyl (C=O) groups excluding carboxylic acids is 1. The van der Waals surface area contributed by atoms with Crippen LogP contribution in [0.15, 0.2) is 78.7 Å². The lowest BCUT2D eigenvalue weighted by molar-refractivity contribution is 0.0977. The Morgan fingerprint density at radius 3 is 2.21 bits per heavy atom. The van der Waals surface area contributed by atoms with E-state index < -0.39 is 10.0 Å². The number of thiocarbonyl (C=S) groups is 1. The molecule has 0 radical (unpaired) electrons. The summed E-state index contributed by atoms with van der Waals surface area (Å²) in [5.74, 6) is 0.244. The van der Waals surface area contributed by atoms with Crippen molar-refractivity contribution in [3.8, 4) is 5.75 Å². The number of hydrogen-bond acceptors (Lipinski definition) is 6. The monoisotopic (exact) mass is 503 g/mol. The second kappa shape index (κ2) is 13.6. The Labute approximate surface area is 206 Å². The molecule has 0 bridgehead atoms. The molecule has 34 heavy (non-hydrogen) atoms. The van der Waals surface area contributed by atoms with Crippen LogP contribution in [0, 0.1) is 0 Å². The number of amides is 1. The van der Waals surface area contributed by atoms with Gasteiger partial charge in [0.1, 0.15) is 12.4 Å². The van der Waals surface area contributed by atoms with E-state index in [1.165, 1.54) is 28.6 Å². The lowest BCUT2D eigenvalue weighted by Gasteiger charge is -2.19. The van der Waals surface area contributed by atoms with Gasteiger partial charge in [0.05, 0.1) is 11.5 Å². The average Bonchev–Trinajstić information content (AvgIpc) is 2.82. The van der Waals surface area contributed by atoms with Crippen molar-refractivity contribution >= 4 is 38.9 Å². The molecule has 8 nitrogen and oxygen atoms in total. The summed E-state index contributed by atoms with van der Waals surface area (Å²) in [5, 5.41) is 5.55. The molecule has 0 aromatic heterocycles. The van der Waals surface area contributed by atoms with Crippen LogP contribution in [0.1, 0.15) is 17.3 Å². The van der Waals surface area contributed by atoms with Crippen LogP contribution in [-0.2, 0) is 14.8 Å². The van der Waals surface area contributed by atoms with E-state index in [0.29, 0.717) is 36.8 Å². The van der Waals surface area contributed by atoms with Crippen LogP contribution in [0.25, 0.3) is 0 Å². The number of ether oxygens (including phenoxy) is 2. The van der Waals surface area contributed by atoms with E-state index in [-0.39, 0.29) is 29.0 Å². The minimum absolute atomic E-state index is 0.0811. The standard InChI is InChI=1S/C24H29N3O5S2/c1-4-15-27(16-5-2)34(29,30)22-13-9-20(10-14-22)25-24(33)26-23(28)19-7-11-21(12-8-19)32-18-17-31-6-3/h4-5,7-14H,1-2,6,15-18H2,3H3,(H2,25,26,28,33). The predicted molar refractivity (Wildman–Crippen MR) is 138 cm³/mol. The van der Waals surface area contributed by atoms with Crippen LogP contribution in [0.4, 0.5) is 5.69 Å². The van der Waals surface area contributed by atoms with Crippen LogP contribution in [0.2, 0.25) is 0 Å². The van der Waals surface area contributed by atoms with Crippen molar-refractivity contribution in [1.82, 2.24) is 9.62 Å². The second-order valence-corrected chi connectivity index (χ2v) is 9.25. The average molecular weight is 504 g/mol. The van der Waals surface area contributed by atoms with Crippen molar-refractivity contribution in [2.75, 3.05) is 38.2 Å². The topological polar surface area (TPSA) is 97.0 Å². The van der Waals surface area contributed by atoms with Gasteiger partial charge in [0, 0.05) is 30.9 Å². The number of nitrogens with one attached hydrogen (secondary N) is 2. The van der Waals surface area contributed by atoms with Gasteiger partial charge in [-0.25, -0.2) is 8.42 Å². The van der Waals surface area contributed by atoms with Gasteiger partial charge in [-0.3, -0.25) is 10.1 Å². The van der Waals surface area contributed by atoms with Crippen molar-refractivity contribution in [2.24, 2.45) is 0 Å². The summed E-state index contributed by atoms with van der Waals surface area (Å²) in [6.07, 6.45) is 3.03. The molecule has 0 spiro atoms. The lowest BCUT2D eigenvalue weighted by Crippen LogP contribution is -2.34. The first-order chi connectivity index (χ1) is 16.3. The fourth-order valence-electron chi connectivity index (χ4n) is 2.82. The number of hydrogen-bond donors (Lipinski definition) is 2. The third kappa shape index (κ3) is 8.07. The van der Waals surface area contributed by atoms with E-state index in [9.17, 15) is 13.2 Å². The first-order valence-electron chi connectivity index (χ1n) is 10.6. The third-order valence-corrected chi connectivity index (χ3v) is 6.51. The minimum atomic E-state index is -3.69. The van der Waals surface area contributed by atoms with Crippen LogP contribution in [-0.4, -0.2) is 56.7 Å². The molecule has 2 aromatic rings. The van der Waals surface area contributed by atoms with Crippen molar-refractivity contribution in [2.45, 2.75) is 11.8 Å². The zero-order valence-electron chi connectivity index (χ0n) is 19.0. The van der Waals surface area contributed by atoms with Gasteiger partial charge in [0.25, 0.3) is 5.91 Å². The Morgan fingerprint density at radius 1 is 1.03 bits per heavy atom. The first kappa shape index (κ1) is 27.2. The van der Waals surface area contributed by atoms with E-state index in [1.54, 1.807) is 36.4 Å². The Kier molecular flexibility index (Phi) is 10.9. The molecule has 0 aliphatic heterocycles. The van der Waals surface area contributed by atoms with Crippen molar-refractivity contribution in [3.63, 3.8) is 0 Å². The number of rotatable bonds is 13. The summed E-state index contributed by atoms with van der Waals surface area (Å²) in [7, 11) is -3.69. The fourth-order valence-corrected chi connectivity index (χ4v) is 4.41. The van der Waals surface area contributed by atoms with Gasteiger partial charge in [-0.05, 0) is 67.7 Å². The molecule has 0 saturated heterocycles. The van der Waals surface area contributed by atoms with Gasteiger partial charge in [0.15, 0.2) is 5.11 Å². The largest absolute Gasteiger partial charge is 0.491 e. The molecule has 2 aromatic carbocycles. The fraction of sp³-hybridized carbons (Fsp3) is 0.250. The normalized spacial score (nSPS) is 11.0. The van der Waals surface area contributed by atoms with Gasteiger partial charge in [-0.1, -0.05) is 12.2 Å². The third-order valence-electron chi connectivity index (χ3n) is 4.46. The molecule has 1 amide bonds. The number of carbonyl (C=O) groups is 1. The van der Waals surface area contributed by atoms with Gasteiger partial charge in [0.2, 0.25) is 10.0 Å². The Balaban J connectivity index is 1.94. The summed E-state index contributed by atoms with van der Waals surface area (Å²) in [6, 6.07) is 12.7. The van der Waals surface area contributed by atoms with Crippen LogP contribution < -0.4 is 15.4 Å². The summed E-state index contributed by atoms with van der Waals surface area (Å²) in [6.45, 7) is 11.0. The van der Waals surface area contributed by atoms with Gasteiger partial charge < -0.3 is 14.8 Å². The predicted octanol–water partition coefficient (Wildman–Crippen LogP) is 3.59. The maximum atomic E-state index is 12.8. The maximum absolute atomic E-state index is 12.8. The molecule has 0 fully saturated rings. The van der Waals surface area contributed by atoms with E-state index in [2.05, 4.69) is 23.8 Å². The van der Waals surface area contributed by atoms with Crippen LogP contribution >= 0.6 is 12.2 Å². The second-order valence-electron chi connectivity index (χ2n) is 6.90. The molecule has 0 aliphatic carbocycles. The first-order valence-corrected chi connectivity index (χ1v) is 12.4. The van der Waals surface area contributed by atoms with E-state index in [1.807, 2.05) is 6.92 Å². The number of benzene rings is 2. The molecule has 10 heteroatoms. The Bertz CT molecular complexity index is 1070. The smallest absolute Gasteiger partial charge is 0.257 e. The lowest BCUT2D eigenvalue weighted by atomic mass is 10.2. The van der Waals surface area contributed by atoms with Crippen molar-refractivity contribution < 1.29 is 22.7 Å². The molecular formula is C24H29N3O5S2. The van der Waals surface area contributed by atoms with Crippen molar-refractivity contribution in [1.29, 1.82) is 0 Å². The van der Waals surface area contributed by atoms with Crippen molar-refractivity contribution in [3.05, 3.63) is 79.4 Å². The highest BCUT2D eigenvalue weighted by atomic mass is 32.2. The number of nitrogens with zero attached hydrogens (tertiary/aromatic N) is 1. The van der Waals surface area contributed by atoms with Crippen LogP contribution in [0.3, 0.4) is 0 Å². The molecular weight excluding hydrogens is 474 g/mol. The molecule has 0 heterocycles. The SMILES string of the molecule is C=CCN(CC=C)S(=O)(=O)c1ccc(NC(=S)NC(=O)c2ccc(OCCOCC)cc2)cc1. The molecule has 0 unspecified atom stereocenters. The van der Waals surface area contributed by atoms with Gasteiger partial charge in [-0.2, -0.15) is 4.31 Å². The highest BCUT2D eigenvalue weighted by Crippen LogP contribution is 2.19. The zero-order valence-corrected chi connectivity index (χ0v) is 20.7. The molecule has 2 rings (SSSR count). The van der Waals surface area contributed by atoms with E-state index >= 15 is 0 Å². The minimum Gasteiger partial charge on any atom is -0.491 e. The number of anilines is 1.